The van der Waals surface area contributed by atoms with E-state index >= 15 is 0 Å². The molecule has 1 N–H and O–H groups in total. The molecule has 0 radical (unpaired) electrons. The third-order valence-corrected chi connectivity index (χ3v) is 4.98. The van der Waals surface area contributed by atoms with Crippen molar-refractivity contribution in [2.45, 2.75) is 19.9 Å². The van der Waals surface area contributed by atoms with Crippen molar-refractivity contribution < 1.29 is 9.53 Å². The minimum atomic E-state index is -0.593. The normalized spacial score (nSPS) is 12.0. The van der Waals surface area contributed by atoms with Crippen LogP contribution >= 0.6 is 11.6 Å². The number of aryl methyl sites for hydroxylation is 2. The first-order valence-electron chi connectivity index (χ1n) is 9.11. The number of carbonyl (C=O) groups is 1. The topological polar surface area (TPSA) is 68.5 Å². The predicted molar refractivity (Wildman–Crippen MR) is 111 cm³/mol. The summed E-state index contributed by atoms with van der Waals surface area (Å²) in [7, 11) is 0. The quantitative estimate of drug-likeness (QED) is 0.524. The van der Waals surface area contributed by atoms with Gasteiger partial charge in [0.25, 0.3) is 0 Å². The van der Waals surface area contributed by atoms with E-state index in [0.29, 0.717) is 22.1 Å². The van der Waals surface area contributed by atoms with Gasteiger partial charge in [-0.25, -0.2) is 14.3 Å². The first-order valence-corrected chi connectivity index (χ1v) is 9.49. The van der Waals surface area contributed by atoms with Crippen molar-refractivity contribution in [3.63, 3.8) is 0 Å². The fraction of sp³-hybridized carbons (Fsp3) is 0.136. The summed E-state index contributed by atoms with van der Waals surface area (Å²) in [5, 5.41) is 7.83. The Kier molecular flexibility index (Phi) is 5.18. The van der Waals surface area contributed by atoms with Gasteiger partial charge in [-0.05, 0) is 49.7 Å². The van der Waals surface area contributed by atoms with Crippen LogP contribution in [0.4, 0.5) is 4.79 Å². The van der Waals surface area contributed by atoms with Crippen molar-refractivity contribution in [2.75, 3.05) is 0 Å². The van der Waals surface area contributed by atoms with E-state index in [4.69, 9.17) is 16.3 Å². The highest BCUT2D eigenvalue weighted by molar-refractivity contribution is 6.31. The number of hydrogen-bond donors (Lipinski definition) is 1. The van der Waals surface area contributed by atoms with Crippen LogP contribution in [-0.2, 0) is 0 Å². The molecule has 2 aromatic heterocycles. The van der Waals surface area contributed by atoms with Gasteiger partial charge in [0, 0.05) is 16.8 Å². The molecule has 0 aliphatic carbocycles. The van der Waals surface area contributed by atoms with E-state index in [1.54, 1.807) is 41.2 Å². The number of halogens is 1. The van der Waals surface area contributed by atoms with Crippen LogP contribution in [0.5, 0.6) is 5.75 Å². The summed E-state index contributed by atoms with van der Waals surface area (Å²) in [4.78, 5) is 17.1. The van der Waals surface area contributed by atoms with E-state index in [0.717, 1.165) is 16.7 Å². The lowest BCUT2D eigenvalue weighted by Gasteiger charge is -2.21. The number of imidazole rings is 1. The Morgan fingerprint density at radius 3 is 2.66 bits per heavy atom. The summed E-state index contributed by atoms with van der Waals surface area (Å²) >= 11 is 6.51. The number of amides is 1. The zero-order valence-electron chi connectivity index (χ0n) is 16.0. The van der Waals surface area contributed by atoms with E-state index < -0.39 is 12.1 Å². The Balaban J connectivity index is 1.72. The molecule has 2 heterocycles. The SMILES string of the molecule is Cc1ccc(OC(=O)NC(c2c(C)cccc2Cl)c2cnc3cccnn23)cc1. The fourth-order valence-electron chi connectivity index (χ4n) is 3.21. The van der Waals surface area contributed by atoms with Crippen molar-refractivity contribution in [1.82, 2.24) is 19.9 Å². The lowest BCUT2D eigenvalue weighted by atomic mass is 9.99. The van der Waals surface area contributed by atoms with E-state index in [1.165, 1.54) is 0 Å². The number of hydrogen-bond acceptors (Lipinski definition) is 4. The molecule has 0 fully saturated rings. The van der Waals surface area contributed by atoms with Gasteiger partial charge in [0.15, 0.2) is 5.65 Å². The van der Waals surface area contributed by atoms with Gasteiger partial charge < -0.3 is 10.1 Å². The summed E-state index contributed by atoms with van der Waals surface area (Å²) in [6, 6.07) is 15.9. The molecule has 0 saturated heterocycles. The Morgan fingerprint density at radius 1 is 1.10 bits per heavy atom. The van der Waals surface area contributed by atoms with Crippen molar-refractivity contribution in [3.8, 4) is 5.75 Å². The maximum atomic E-state index is 12.7. The van der Waals surface area contributed by atoms with E-state index in [-0.39, 0.29) is 0 Å². The standard InChI is InChI=1S/C22H19ClN4O2/c1-14-8-10-16(11-9-14)29-22(28)26-21(20-15(2)5-3-6-17(20)23)18-13-24-19-7-4-12-25-27(18)19/h3-13,21H,1-2H3,(H,26,28). The number of carbonyl (C=O) groups excluding carboxylic acids is 1. The molecule has 146 valence electrons. The van der Waals surface area contributed by atoms with Crippen molar-refractivity contribution in [2.24, 2.45) is 0 Å². The molecule has 7 heteroatoms. The number of nitrogens with one attached hydrogen (secondary N) is 1. The Morgan fingerprint density at radius 2 is 1.90 bits per heavy atom. The van der Waals surface area contributed by atoms with Crippen LogP contribution in [0, 0.1) is 13.8 Å². The van der Waals surface area contributed by atoms with Crippen LogP contribution in [0.2, 0.25) is 5.02 Å². The monoisotopic (exact) mass is 406 g/mol. The van der Waals surface area contributed by atoms with E-state index in [9.17, 15) is 4.79 Å². The molecule has 0 aliphatic heterocycles. The molecule has 0 spiro atoms. The zero-order valence-corrected chi connectivity index (χ0v) is 16.7. The Hall–Kier alpha value is -3.38. The molecular formula is C22H19ClN4O2. The third-order valence-electron chi connectivity index (χ3n) is 4.65. The summed E-state index contributed by atoms with van der Waals surface area (Å²) in [5.74, 6) is 0.457. The third kappa shape index (κ3) is 3.93. The average molecular weight is 407 g/mol. The van der Waals surface area contributed by atoms with Crippen LogP contribution in [-0.4, -0.2) is 20.7 Å². The largest absolute Gasteiger partial charge is 0.413 e. The highest BCUT2D eigenvalue weighted by Crippen LogP contribution is 2.31. The molecule has 29 heavy (non-hydrogen) atoms. The summed E-state index contributed by atoms with van der Waals surface area (Å²) < 4.78 is 7.15. The van der Waals surface area contributed by atoms with Crippen LogP contribution in [0.15, 0.2) is 67.0 Å². The van der Waals surface area contributed by atoms with Gasteiger partial charge in [-0.15, -0.1) is 0 Å². The van der Waals surface area contributed by atoms with Crippen molar-refractivity contribution in [1.29, 1.82) is 0 Å². The van der Waals surface area contributed by atoms with Gasteiger partial charge in [0.1, 0.15) is 11.8 Å². The van der Waals surface area contributed by atoms with Gasteiger partial charge in [-0.3, -0.25) is 0 Å². The number of rotatable bonds is 4. The molecule has 4 rings (SSSR count). The lowest BCUT2D eigenvalue weighted by molar-refractivity contribution is 0.197. The second kappa shape index (κ2) is 7.93. The molecule has 6 nitrogen and oxygen atoms in total. The van der Waals surface area contributed by atoms with Gasteiger partial charge in [0.05, 0.1) is 11.9 Å². The number of fused-ring (bicyclic) bond motifs is 1. The molecule has 2 aromatic carbocycles. The van der Waals surface area contributed by atoms with E-state index in [2.05, 4.69) is 15.4 Å². The highest BCUT2D eigenvalue weighted by atomic mass is 35.5. The maximum Gasteiger partial charge on any atom is 0.413 e. The first kappa shape index (κ1) is 19.0. The zero-order chi connectivity index (χ0) is 20.4. The number of aromatic nitrogens is 3. The Labute approximate surface area is 173 Å². The lowest BCUT2D eigenvalue weighted by Crippen LogP contribution is -2.33. The number of ether oxygens (including phenoxy) is 1. The molecule has 0 aliphatic rings. The van der Waals surface area contributed by atoms with Crippen LogP contribution in [0.1, 0.15) is 28.4 Å². The smallest absolute Gasteiger partial charge is 0.410 e. The second-order valence-electron chi connectivity index (χ2n) is 6.73. The summed E-state index contributed by atoms with van der Waals surface area (Å²) in [6.07, 6.45) is 2.75. The van der Waals surface area contributed by atoms with Crippen molar-refractivity contribution >= 4 is 23.3 Å². The number of nitrogens with zero attached hydrogens (tertiary/aromatic N) is 3. The summed E-state index contributed by atoms with van der Waals surface area (Å²) in [5.41, 5.74) is 4.13. The van der Waals surface area contributed by atoms with Crippen molar-refractivity contribution in [3.05, 3.63) is 94.4 Å². The van der Waals surface area contributed by atoms with Gasteiger partial charge in [0.2, 0.25) is 0 Å². The van der Waals surface area contributed by atoms with Gasteiger partial charge in [-0.2, -0.15) is 5.10 Å². The van der Waals surface area contributed by atoms with Crippen LogP contribution in [0.25, 0.3) is 5.65 Å². The van der Waals surface area contributed by atoms with Crippen LogP contribution < -0.4 is 10.1 Å². The average Bonchev–Trinajstić information content (AvgIpc) is 3.13. The molecule has 1 amide bonds. The molecule has 0 bridgehead atoms. The second-order valence-corrected chi connectivity index (χ2v) is 7.13. The predicted octanol–water partition coefficient (Wildman–Crippen LogP) is 4.88. The highest BCUT2D eigenvalue weighted by Gasteiger charge is 2.25. The number of benzene rings is 2. The van der Waals surface area contributed by atoms with Gasteiger partial charge in [-0.1, -0.05) is 41.4 Å². The maximum absolute atomic E-state index is 12.7. The van der Waals surface area contributed by atoms with Crippen LogP contribution in [0.3, 0.4) is 0 Å². The Bertz CT molecular complexity index is 1150. The molecular weight excluding hydrogens is 388 g/mol. The fourth-order valence-corrected chi connectivity index (χ4v) is 3.54. The molecule has 4 aromatic rings. The molecule has 1 atom stereocenters. The summed E-state index contributed by atoms with van der Waals surface area (Å²) in [6.45, 7) is 3.91. The molecule has 0 saturated carbocycles. The minimum absolute atomic E-state index is 0.457. The molecule has 1 unspecified atom stereocenters. The minimum Gasteiger partial charge on any atom is -0.410 e. The van der Waals surface area contributed by atoms with E-state index in [1.807, 2.05) is 44.2 Å². The van der Waals surface area contributed by atoms with Gasteiger partial charge >= 0.3 is 6.09 Å². The first-order chi connectivity index (χ1) is 14.0.